The summed E-state index contributed by atoms with van der Waals surface area (Å²) in [6, 6.07) is 29.4. The molecule has 4 rings (SSSR count). The van der Waals surface area contributed by atoms with Gasteiger partial charge in [0.1, 0.15) is 54.9 Å². The SMILES string of the molecule is CC(C)[C@H](NC(=O)OCc1ccccc1)C(=O)OCC(CI)C(=O)O.CC(C)[C@H](NC(=O)OCc1ccccc1)C(=O)OCCCC(=O)OCI.CC(C)[C@H](NC(=O)OCc1ccccc1)C(=O)Oc1cccc(C(=O)O)c1CI. The zero-order valence-electron chi connectivity index (χ0n) is 45.1. The van der Waals surface area contributed by atoms with Crippen molar-refractivity contribution in [3.63, 3.8) is 0 Å². The van der Waals surface area contributed by atoms with Gasteiger partial charge in [0.25, 0.3) is 0 Å². The van der Waals surface area contributed by atoms with Crippen molar-refractivity contribution >= 4 is 122 Å². The van der Waals surface area contributed by atoms with E-state index in [0.717, 1.165) is 16.7 Å². The number of hydrogen-bond acceptors (Lipinski definition) is 16. The molecule has 0 saturated heterocycles. The van der Waals surface area contributed by atoms with Gasteiger partial charge in [-0.3, -0.25) is 9.59 Å². The number of esters is 4. The number of ether oxygens (including phenoxy) is 7. The first-order valence-corrected chi connectivity index (χ1v) is 29.6. The molecule has 24 heteroatoms. The molecule has 0 aliphatic heterocycles. The fraction of sp³-hybridized carbons (Fsp3) is 0.411. The molecule has 5 N–H and O–H groups in total. The molecular weight excluding hydrogens is 1380 g/mol. The van der Waals surface area contributed by atoms with Crippen molar-refractivity contribution in [1.29, 1.82) is 0 Å². The van der Waals surface area contributed by atoms with Gasteiger partial charge in [0.2, 0.25) is 0 Å². The molecule has 0 aliphatic rings. The number of alkyl carbamates (subject to hydrolysis) is 3. The van der Waals surface area contributed by atoms with Gasteiger partial charge in [-0.15, -0.1) is 0 Å². The minimum Gasteiger partial charge on any atom is -0.481 e. The number of aliphatic carboxylic acids is 1. The van der Waals surface area contributed by atoms with Crippen molar-refractivity contribution in [2.75, 3.05) is 22.3 Å². The number of rotatable bonds is 27. The van der Waals surface area contributed by atoms with Gasteiger partial charge in [-0.2, -0.15) is 0 Å². The van der Waals surface area contributed by atoms with Gasteiger partial charge in [0, 0.05) is 20.8 Å². The number of halogens is 3. The molecule has 4 aromatic carbocycles. The van der Waals surface area contributed by atoms with E-state index in [9.17, 15) is 48.3 Å². The summed E-state index contributed by atoms with van der Waals surface area (Å²) in [5.74, 6) is -5.67. The lowest BCUT2D eigenvalue weighted by molar-refractivity contribution is -0.152. The van der Waals surface area contributed by atoms with Crippen LogP contribution in [0, 0.1) is 23.7 Å². The van der Waals surface area contributed by atoms with Crippen molar-refractivity contribution in [2.24, 2.45) is 23.7 Å². The van der Waals surface area contributed by atoms with Gasteiger partial charge >= 0.3 is 54.1 Å². The first-order valence-electron chi connectivity index (χ1n) is 25.0. The topological polar surface area (TPSA) is 295 Å². The van der Waals surface area contributed by atoms with Gasteiger partial charge in [0.05, 0.1) is 18.1 Å². The molecule has 4 atom stereocenters. The Morgan fingerprint density at radius 1 is 0.500 bits per heavy atom. The molecule has 436 valence electrons. The quantitative estimate of drug-likeness (QED) is 0.00926. The van der Waals surface area contributed by atoms with Crippen LogP contribution in [0.5, 0.6) is 5.75 Å². The van der Waals surface area contributed by atoms with Crippen LogP contribution in [-0.2, 0) is 76.6 Å². The van der Waals surface area contributed by atoms with E-state index >= 15 is 0 Å². The highest BCUT2D eigenvalue weighted by Gasteiger charge is 2.30. The molecule has 0 spiro atoms. The van der Waals surface area contributed by atoms with Crippen molar-refractivity contribution in [1.82, 2.24) is 16.0 Å². The highest BCUT2D eigenvalue weighted by atomic mass is 127. The number of hydrogen-bond donors (Lipinski definition) is 5. The Balaban J connectivity index is 0.000000412. The van der Waals surface area contributed by atoms with E-state index in [-0.39, 0.29) is 74.5 Å². The third kappa shape index (κ3) is 27.7. The van der Waals surface area contributed by atoms with E-state index in [1.165, 1.54) is 18.2 Å². The molecule has 0 aromatic heterocycles. The minimum atomic E-state index is -1.10. The molecule has 0 aliphatic carbocycles. The third-order valence-electron chi connectivity index (χ3n) is 10.9. The van der Waals surface area contributed by atoms with Gasteiger partial charge in [0.15, 0.2) is 0 Å². The summed E-state index contributed by atoms with van der Waals surface area (Å²) < 4.78 is 36.8. The Hall–Kier alpha value is -6.30. The van der Waals surface area contributed by atoms with E-state index in [4.69, 9.17) is 38.3 Å². The zero-order chi connectivity index (χ0) is 59.6. The monoisotopic (exact) mass is 1450 g/mol. The zero-order valence-corrected chi connectivity index (χ0v) is 51.5. The molecule has 0 saturated carbocycles. The molecule has 0 heterocycles. The van der Waals surface area contributed by atoms with Crippen LogP contribution in [0.2, 0.25) is 0 Å². The van der Waals surface area contributed by atoms with Crippen LogP contribution in [0.25, 0.3) is 0 Å². The average Bonchev–Trinajstić information content (AvgIpc) is 3.43. The Morgan fingerprint density at radius 2 is 0.912 bits per heavy atom. The maximum atomic E-state index is 12.7. The van der Waals surface area contributed by atoms with Crippen LogP contribution in [-0.4, -0.2) is 105 Å². The van der Waals surface area contributed by atoms with Crippen molar-refractivity contribution < 1.29 is 86.5 Å². The summed E-state index contributed by atoms with van der Waals surface area (Å²) in [5.41, 5.74) is 2.98. The fourth-order valence-corrected chi connectivity index (χ4v) is 8.17. The lowest BCUT2D eigenvalue weighted by Gasteiger charge is -2.21. The number of benzene rings is 4. The van der Waals surface area contributed by atoms with Crippen molar-refractivity contribution in [2.45, 2.75) is 96.8 Å². The molecule has 0 bridgehead atoms. The van der Waals surface area contributed by atoms with Crippen LogP contribution in [0.4, 0.5) is 14.4 Å². The first kappa shape index (κ1) is 69.8. The second-order valence-corrected chi connectivity index (χ2v) is 20.4. The van der Waals surface area contributed by atoms with E-state index < -0.39 is 72.2 Å². The summed E-state index contributed by atoms with van der Waals surface area (Å²) in [6.07, 6.45) is -1.61. The number of carboxylic acids is 2. The molecule has 1 unspecified atom stereocenters. The van der Waals surface area contributed by atoms with Crippen LogP contribution in [0.1, 0.15) is 87.0 Å². The summed E-state index contributed by atoms with van der Waals surface area (Å²) >= 11 is 5.86. The maximum Gasteiger partial charge on any atom is 0.408 e. The number of amides is 3. The molecule has 80 heavy (non-hydrogen) atoms. The summed E-state index contributed by atoms with van der Waals surface area (Å²) in [5, 5.41) is 25.8. The highest BCUT2D eigenvalue weighted by Crippen LogP contribution is 2.26. The van der Waals surface area contributed by atoms with Gasteiger partial charge in [-0.05, 0) is 75.6 Å². The predicted octanol–water partition coefficient (Wildman–Crippen LogP) is 9.99. The Bertz CT molecular complexity index is 2580. The number of carboxylic acid groups (broad SMARTS) is 2. The molecule has 0 fully saturated rings. The third-order valence-corrected chi connectivity index (χ3v) is 13.0. The second kappa shape index (κ2) is 39.2. The molecule has 21 nitrogen and oxygen atoms in total. The smallest absolute Gasteiger partial charge is 0.408 e. The summed E-state index contributed by atoms with van der Waals surface area (Å²) in [6.45, 7) is 10.7. The maximum absolute atomic E-state index is 12.7. The standard InChI is InChI=1S/C21H22INO6.C18H24INO6.C17H22INO6/c1-13(2)18(23-21(27)28-12-14-7-4-3-5-8-14)20(26)29-17-10-6-9-15(19(24)25)16(17)11-22;1-13(2)16(17(22)24-10-6-9-15(21)26-12-19)20-18(23)25-11-14-7-4-3-5-8-14;1-11(2)14(16(22)24-10-13(8-18)15(20)21)19-17(23)25-9-12-6-4-3-5-7-12/h3-10,13,18H,11-12H2,1-2H3,(H,23,27)(H,24,25);3-5,7-8,13,16H,6,9-12H2,1-2H3,(H,20,23);3-7,11,13-14H,8-10H2,1-2H3,(H,19,23)(H,20,21)/t18-;16-;13?,14-/m000/s1. The van der Waals surface area contributed by atoms with Crippen LogP contribution < -0.4 is 20.7 Å². The Morgan fingerprint density at radius 3 is 1.27 bits per heavy atom. The predicted molar refractivity (Wildman–Crippen MR) is 318 cm³/mol. The first-order chi connectivity index (χ1) is 38.1. The average molecular weight is 1450 g/mol. The van der Waals surface area contributed by atoms with E-state index in [0.29, 0.717) is 25.5 Å². The van der Waals surface area contributed by atoms with Crippen molar-refractivity contribution in [3.05, 3.63) is 137 Å². The molecule has 0 radical (unpaired) electrons. The molecule has 4 aromatic rings. The van der Waals surface area contributed by atoms with Crippen LogP contribution in [0.3, 0.4) is 0 Å². The van der Waals surface area contributed by atoms with Crippen molar-refractivity contribution in [3.8, 4) is 5.75 Å². The number of nitrogens with one attached hydrogen (secondary N) is 3. The lowest BCUT2D eigenvalue weighted by atomic mass is 10.0. The second-order valence-electron chi connectivity index (χ2n) is 18.1. The highest BCUT2D eigenvalue weighted by molar-refractivity contribution is 14.1. The molecule has 3 amide bonds. The molecular formula is C56H68I3N3O18. The van der Waals surface area contributed by atoms with E-state index in [2.05, 4.69) is 16.0 Å². The van der Waals surface area contributed by atoms with Gasteiger partial charge < -0.3 is 59.3 Å². The Labute approximate surface area is 506 Å². The largest absolute Gasteiger partial charge is 0.481 e. The number of alkyl halides is 3. The fourth-order valence-electron chi connectivity index (χ4n) is 6.41. The summed E-state index contributed by atoms with van der Waals surface area (Å²) in [7, 11) is 0. The summed E-state index contributed by atoms with van der Waals surface area (Å²) in [4.78, 5) is 106. The number of carbonyl (C=O) groups is 9. The van der Waals surface area contributed by atoms with Gasteiger partial charge in [-0.1, -0.05) is 184 Å². The minimum absolute atomic E-state index is 0.0704. The number of aromatic carboxylic acids is 1. The van der Waals surface area contributed by atoms with Gasteiger partial charge in [-0.25, -0.2) is 33.6 Å². The number of carbonyl (C=O) groups excluding carboxylic acids is 7. The van der Waals surface area contributed by atoms with Crippen LogP contribution >= 0.6 is 67.8 Å². The lowest BCUT2D eigenvalue weighted by Crippen LogP contribution is -2.46. The van der Waals surface area contributed by atoms with E-state index in [1.54, 1.807) is 41.5 Å². The Kier molecular flexibility index (Phi) is 34.2. The normalized spacial score (nSPS) is 12.0. The van der Waals surface area contributed by atoms with Crippen LogP contribution in [0.15, 0.2) is 109 Å². The van der Waals surface area contributed by atoms with E-state index in [1.807, 2.05) is 159 Å².